The predicted octanol–water partition coefficient (Wildman–Crippen LogP) is 2.62. The molecule has 0 spiro atoms. The van der Waals surface area contributed by atoms with Crippen LogP contribution in [-0.2, 0) is 9.53 Å². The van der Waals surface area contributed by atoms with Gasteiger partial charge in [0.05, 0.1) is 24.5 Å². The van der Waals surface area contributed by atoms with Gasteiger partial charge in [-0.3, -0.25) is 9.59 Å². The molecule has 3 aliphatic rings. The number of likely N-dealkylation sites (tertiary alicyclic amines) is 1. The molecule has 0 unspecified atom stereocenters. The van der Waals surface area contributed by atoms with Gasteiger partial charge in [-0.25, -0.2) is 0 Å². The SMILES string of the molecule is Cc1cc(N2CCOc3ccc(O[C@H]4CCN(C(=O)C5CCOCC5)C4)cc32)c[nH]c1=O. The van der Waals surface area contributed by atoms with Crippen LogP contribution < -0.4 is 19.9 Å². The van der Waals surface area contributed by atoms with Crippen molar-refractivity contribution < 1.29 is 19.0 Å². The summed E-state index contributed by atoms with van der Waals surface area (Å²) in [6.07, 6.45) is 4.16. The van der Waals surface area contributed by atoms with E-state index < -0.39 is 0 Å². The number of hydrogen-bond acceptors (Lipinski definition) is 6. The van der Waals surface area contributed by atoms with Crippen LogP contribution >= 0.6 is 0 Å². The van der Waals surface area contributed by atoms with E-state index in [-0.39, 0.29) is 23.5 Å². The van der Waals surface area contributed by atoms with Gasteiger partial charge in [-0.2, -0.15) is 0 Å². The van der Waals surface area contributed by atoms with Crippen LogP contribution in [-0.4, -0.2) is 61.3 Å². The van der Waals surface area contributed by atoms with Crippen LogP contribution in [0.2, 0.25) is 0 Å². The Bertz CT molecular complexity index is 1050. The lowest BCUT2D eigenvalue weighted by Crippen LogP contribution is -2.38. The van der Waals surface area contributed by atoms with Crippen LogP contribution in [0.3, 0.4) is 0 Å². The Labute approximate surface area is 187 Å². The minimum Gasteiger partial charge on any atom is -0.490 e. The molecule has 3 aliphatic heterocycles. The number of carbonyl (C=O) groups is 1. The molecule has 32 heavy (non-hydrogen) atoms. The van der Waals surface area contributed by atoms with E-state index in [1.807, 2.05) is 29.2 Å². The molecule has 4 heterocycles. The second kappa shape index (κ2) is 8.86. The first-order chi connectivity index (χ1) is 15.6. The molecule has 1 amide bonds. The first-order valence-corrected chi connectivity index (χ1v) is 11.4. The van der Waals surface area contributed by atoms with Gasteiger partial charge in [0.1, 0.15) is 24.2 Å². The number of benzene rings is 1. The number of aryl methyl sites for hydroxylation is 1. The molecule has 1 atom stereocenters. The number of nitrogens with zero attached hydrogens (tertiary/aromatic N) is 2. The molecule has 8 nitrogen and oxygen atoms in total. The maximum atomic E-state index is 12.8. The van der Waals surface area contributed by atoms with E-state index in [1.54, 1.807) is 13.1 Å². The number of pyridine rings is 1. The van der Waals surface area contributed by atoms with E-state index in [9.17, 15) is 9.59 Å². The van der Waals surface area contributed by atoms with Gasteiger partial charge >= 0.3 is 0 Å². The zero-order valence-corrected chi connectivity index (χ0v) is 18.3. The topological polar surface area (TPSA) is 84.1 Å². The third-order valence-corrected chi connectivity index (χ3v) is 6.51. The van der Waals surface area contributed by atoms with Crippen molar-refractivity contribution in [2.45, 2.75) is 32.3 Å². The fourth-order valence-corrected chi connectivity index (χ4v) is 4.70. The van der Waals surface area contributed by atoms with E-state index in [4.69, 9.17) is 14.2 Å². The normalized spacial score (nSPS) is 21.2. The molecule has 0 bridgehead atoms. The Morgan fingerprint density at radius 2 is 1.97 bits per heavy atom. The quantitative estimate of drug-likeness (QED) is 0.789. The molecule has 2 saturated heterocycles. The highest BCUT2D eigenvalue weighted by Gasteiger charge is 2.33. The highest BCUT2D eigenvalue weighted by Crippen LogP contribution is 2.39. The molecule has 1 N–H and O–H groups in total. The minimum absolute atomic E-state index is 0.0230. The largest absolute Gasteiger partial charge is 0.490 e. The van der Waals surface area contributed by atoms with E-state index in [0.717, 1.165) is 48.7 Å². The number of nitrogens with one attached hydrogen (secondary N) is 1. The molecule has 5 rings (SSSR count). The van der Waals surface area contributed by atoms with Crippen molar-refractivity contribution in [3.8, 4) is 11.5 Å². The highest BCUT2D eigenvalue weighted by molar-refractivity contribution is 5.79. The molecule has 170 valence electrons. The Morgan fingerprint density at radius 1 is 1.12 bits per heavy atom. The van der Waals surface area contributed by atoms with Crippen LogP contribution in [0.5, 0.6) is 11.5 Å². The van der Waals surface area contributed by atoms with E-state index in [0.29, 0.717) is 38.5 Å². The van der Waals surface area contributed by atoms with Crippen molar-refractivity contribution in [1.29, 1.82) is 0 Å². The lowest BCUT2D eigenvalue weighted by Gasteiger charge is -2.31. The van der Waals surface area contributed by atoms with Crippen LogP contribution in [0, 0.1) is 12.8 Å². The van der Waals surface area contributed by atoms with Gasteiger partial charge in [0.25, 0.3) is 5.56 Å². The molecular weight excluding hydrogens is 410 g/mol. The van der Waals surface area contributed by atoms with Crippen molar-refractivity contribution in [3.63, 3.8) is 0 Å². The van der Waals surface area contributed by atoms with Gasteiger partial charge in [0, 0.05) is 49.9 Å². The molecule has 0 saturated carbocycles. The van der Waals surface area contributed by atoms with Gasteiger partial charge in [0.2, 0.25) is 5.91 Å². The summed E-state index contributed by atoms with van der Waals surface area (Å²) < 4.78 is 17.5. The Hall–Kier alpha value is -3.00. The number of rotatable bonds is 4. The second-order valence-corrected chi connectivity index (χ2v) is 8.70. The number of amides is 1. The van der Waals surface area contributed by atoms with Gasteiger partial charge in [0.15, 0.2) is 0 Å². The van der Waals surface area contributed by atoms with E-state index in [1.165, 1.54) is 0 Å². The minimum atomic E-state index is -0.0830. The molecule has 2 aromatic rings. The number of hydrogen-bond donors (Lipinski definition) is 1. The lowest BCUT2D eigenvalue weighted by atomic mass is 9.99. The van der Waals surface area contributed by atoms with Gasteiger partial charge in [-0.05, 0) is 38.0 Å². The van der Waals surface area contributed by atoms with Crippen molar-refractivity contribution in [1.82, 2.24) is 9.88 Å². The Morgan fingerprint density at radius 3 is 2.78 bits per heavy atom. The van der Waals surface area contributed by atoms with Crippen LogP contribution in [0.25, 0.3) is 0 Å². The fourth-order valence-electron chi connectivity index (χ4n) is 4.70. The zero-order valence-electron chi connectivity index (χ0n) is 18.3. The second-order valence-electron chi connectivity index (χ2n) is 8.70. The summed E-state index contributed by atoms with van der Waals surface area (Å²) in [6.45, 7) is 5.75. The molecule has 0 radical (unpaired) electrons. The summed E-state index contributed by atoms with van der Waals surface area (Å²) in [7, 11) is 0. The van der Waals surface area contributed by atoms with Crippen LogP contribution in [0.4, 0.5) is 11.4 Å². The number of aromatic amines is 1. The molecule has 0 aliphatic carbocycles. The smallest absolute Gasteiger partial charge is 0.250 e. The number of carbonyl (C=O) groups excluding carboxylic acids is 1. The number of fused-ring (bicyclic) bond motifs is 1. The predicted molar refractivity (Wildman–Crippen MR) is 120 cm³/mol. The zero-order chi connectivity index (χ0) is 22.1. The summed E-state index contributed by atoms with van der Waals surface area (Å²) in [6, 6.07) is 7.72. The molecule has 2 fully saturated rings. The average Bonchev–Trinajstić information content (AvgIpc) is 3.29. The van der Waals surface area contributed by atoms with Gasteiger partial charge in [-0.1, -0.05) is 0 Å². The van der Waals surface area contributed by atoms with Crippen molar-refractivity contribution >= 4 is 17.3 Å². The average molecular weight is 440 g/mol. The lowest BCUT2D eigenvalue weighted by molar-refractivity contribution is -0.137. The van der Waals surface area contributed by atoms with Crippen molar-refractivity contribution in [2.75, 3.05) is 44.4 Å². The first-order valence-electron chi connectivity index (χ1n) is 11.4. The fraction of sp³-hybridized carbons (Fsp3) is 0.500. The number of H-pyrrole nitrogens is 1. The van der Waals surface area contributed by atoms with E-state index in [2.05, 4.69) is 9.88 Å². The number of anilines is 2. The Kier molecular flexibility index (Phi) is 5.78. The molecule has 1 aromatic carbocycles. The highest BCUT2D eigenvalue weighted by atomic mass is 16.5. The van der Waals surface area contributed by atoms with Gasteiger partial charge < -0.3 is 29.0 Å². The monoisotopic (exact) mass is 439 g/mol. The van der Waals surface area contributed by atoms with E-state index >= 15 is 0 Å². The van der Waals surface area contributed by atoms with Crippen LogP contribution in [0.15, 0.2) is 35.3 Å². The summed E-state index contributed by atoms with van der Waals surface area (Å²) in [5.41, 5.74) is 2.41. The summed E-state index contributed by atoms with van der Waals surface area (Å²) in [5.74, 6) is 1.86. The molecular formula is C24H29N3O5. The Balaban J connectivity index is 1.29. The summed E-state index contributed by atoms with van der Waals surface area (Å²) in [5, 5.41) is 0. The maximum Gasteiger partial charge on any atom is 0.250 e. The summed E-state index contributed by atoms with van der Waals surface area (Å²) in [4.78, 5) is 31.4. The van der Waals surface area contributed by atoms with Crippen LogP contribution in [0.1, 0.15) is 24.8 Å². The third-order valence-electron chi connectivity index (χ3n) is 6.51. The maximum absolute atomic E-state index is 12.8. The molecule has 8 heteroatoms. The number of aromatic nitrogens is 1. The van der Waals surface area contributed by atoms with Crippen molar-refractivity contribution in [2.24, 2.45) is 5.92 Å². The summed E-state index contributed by atoms with van der Waals surface area (Å²) >= 11 is 0. The number of ether oxygens (including phenoxy) is 3. The van der Waals surface area contributed by atoms with Crippen molar-refractivity contribution in [3.05, 3.63) is 46.4 Å². The molecule has 1 aromatic heterocycles. The standard InChI is InChI=1S/C24H29N3O5/c1-16-12-18(14-25-23(16)28)27-8-11-31-22-3-2-19(13-21(22)27)32-20-4-7-26(15-20)24(29)17-5-9-30-10-6-17/h2-3,12-14,17,20H,4-11,15H2,1H3,(H,25,28)/t20-/m0/s1. The van der Waals surface area contributed by atoms with Gasteiger partial charge in [-0.15, -0.1) is 0 Å². The third kappa shape index (κ3) is 4.19. The first kappa shape index (κ1) is 20.9.